The van der Waals surface area contributed by atoms with E-state index in [0.29, 0.717) is 11.4 Å². The average molecular weight is 333 g/mol. The van der Waals surface area contributed by atoms with Crippen LogP contribution in [-0.2, 0) is 6.54 Å². The molecule has 2 saturated heterocycles. The first kappa shape index (κ1) is 15.0. The number of halogens is 1. The first-order valence-corrected chi connectivity index (χ1v) is 8.94. The highest BCUT2D eigenvalue weighted by Gasteiger charge is 2.41. The molecule has 1 atom stereocenters. The number of piperidine rings is 1. The van der Waals surface area contributed by atoms with Gasteiger partial charge in [0.25, 0.3) is 0 Å². The molecule has 0 bridgehead atoms. The highest BCUT2D eigenvalue weighted by molar-refractivity contribution is 7.09. The summed E-state index contributed by atoms with van der Waals surface area (Å²) in [6, 6.07) is 0. The van der Waals surface area contributed by atoms with Crippen molar-refractivity contribution in [1.29, 1.82) is 0 Å². The Kier molecular flexibility index (Phi) is 3.98. The maximum Gasteiger partial charge on any atom is 0.225 e. The minimum Gasteiger partial charge on any atom is -0.340 e. The third kappa shape index (κ3) is 3.21. The predicted molar refractivity (Wildman–Crippen MR) is 87.9 cm³/mol. The third-order valence-corrected chi connectivity index (χ3v) is 5.68. The molecule has 2 fully saturated rings. The second kappa shape index (κ2) is 6.13. The lowest BCUT2D eigenvalue weighted by Crippen LogP contribution is -2.45. The Bertz CT molecular complexity index is 647. The maximum absolute atomic E-state index is 13.0. The zero-order valence-corrected chi connectivity index (χ0v) is 13.8. The highest BCUT2D eigenvalue weighted by atomic mass is 32.1. The molecule has 0 saturated carbocycles. The summed E-state index contributed by atoms with van der Waals surface area (Å²) < 4.78 is 13.0. The number of aromatic nitrogens is 3. The summed E-state index contributed by atoms with van der Waals surface area (Å²) in [6.45, 7) is 5.10. The SMILES string of the molecule is Fc1cnc(N2CCC[C@]3(CCN(Cc4nccs4)C3)C2)nc1. The quantitative estimate of drug-likeness (QED) is 0.864. The maximum atomic E-state index is 13.0. The van der Waals surface area contributed by atoms with Crippen molar-refractivity contribution in [2.24, 2.45) is 5.41 Å². The van der Waals surface area contributed by atoms with Gasteiger partial charge in [-0.2, -0.15) is 0 Å². The summed E-state index contributed by atoms with van der Waals surface area (Å²) in [5.74, 6) is 0.278. The van der Waals surface area contributed by atoms with Crippen molar-refractivity contribution < 1.29 is 4.39 Å². The van der Waals surface area contributed by atoms with Gasteiger partial charge in [-0.05, 0) is 25.8 Å². The number of hydrogen-bond donors (Lipinski definition) is 0. The second-order valence-electron chi connectivity index (χ2n) is 6.61. The van der Waals surface area contributed by atoms with Gasteiger partial charge in [0.05, 0.1) is 18.9 Å². The van der Waals surface area contributed by atoms with E-state index in [0.717, 1.165) is 39.1 Å². The highest BCUT2D eigenvalue weighted by Crippen LogP contribution is 2.40. The number of nitrogens with zero attached hydrogens (tertiary/aromatic N) is 5. The van der Waals surface area contributed by atoms with E-state index < -0.39 is 0 Å². The van der Waals surface area contributed by atoms with Crippen molar-refractivity contribution in [3.63, 3.8) is 0 Å². The van der Waals surface area contributed by atoms with Gasteiger partial charge in [0.2, 0.25) is 5.95 Å². The largest absolute Gasteiger partial charge is 0.340 e. The normalized spacial score (nSPS) is 25.3. The minimum atomic E-state index is -0.379. The van der Waals surface area contributed by atoms with Crippen molar-refractivity contribution in [1.82, 2.24) is 19.9 Å². The van der Waals surface area contributed by atoms with Gasteiger partial charge in [0.15, 0.2) is 5.82 Å². The Labute approximate surface area is 139 Å². The van der Waals surface area contributed by atoms with Gasteiger partial charge in [-0.1, -0.05) is 0 Å². The van der Waals surface area contributed by atoms with Crippen molar-refractivity contribution >= 4 is 17.3 Å². The number of hydrogen-bond acceptors (Lipinski definition) is 6. The van der Waals surface area contributed by atoms with E-state index in [-0.39, 0.29) is 5.82 Å². The summed E-state index contributed by atoms with van der Waals surface area (Å²) in [7, 11) is 0. The average Bonchev–Trinajstić information content (AvgIpc) is 3.19. The molecule has 4 rings (SSSR count). The molecule has 2 aromatic heterocycles. The number of likely N-dealkylation sites (tertiary alicyclic amines) is 1. The summed E-state index contributed by atoms with van der Waals surface area (Å²) in [5.41, 5.74) is 0.313. The first-order chi connectivity index (χ1) is 11.2. The molecule has 23 heavy (non-hydrogen) atoms. The Morgan fingerprint density at radius 2 is 2.00 bits per heavy atom. The van der Waals surface area contributed by atoms with Gasteiger partial charge < -0.3 is 4.90 Å². The second-order valence-corrected chi connectivity index (χ2v) is 7.59. The first-order valence-electron chi connectivity index (χ1n) is 8.06. The molecule has 2 aromatic rings. The fourth-order valence-electron chi connectivity index (χ4n) is 3.87. The van der Waals surface area contributed by atoms with Crippen LogP contribution in [0.2, 0.25) is 0 Å². The van der Waals surface area contributed by atoms with E-state index >= 15 is 0 Å². The summed E-state index contributed by atoms with van der Waals surface area (Å²) >= 11 is 1.72. The van der Waals surface area contributed by atoms with Gasteiger partial charge in [-0.3, -0.25) is 4.90 Å². The fraction of sp³-hybridized carbons (Fsp3) is 0.562. The summed E-state index contributed by atoms with van der Waals surface area (Å²) in [5, 5.41) is 3.23. The Morgan fingerprint density at radius 1 is 1.13 bits per heavy atom. The van der Waals surface area contributed by atoms with Crippen molar-refractivity contribution in [3.05, 3.63) is 34.8 Å². The molecule has 0 aromatic carbocycles. The van der Waals surface area contributed by atoms with E-state index in [9.17, 15) is 4.39 Å². The van der Waals surface area contributed by atoms with Crippen LogP contribution in [0, 0.1) is 11.2 Å². The van der Waals surface area contributed by atoms with E-state index in [1.807, 2.05) is 11.6 Å². The standard InChI is InChI=1S/C16H20FN5S/c17-13-8-19-15(20-9-13)22-5-1-2-16(12-22)3-6-21(11-16)10-14-18-4-7-23-14/h4,7-9H,1-3,5-6,10-12H2/t16-/m1/s1. The zero-order valence-electron chi connectivity index (χ0n) is 13.0. The van der Waals surface area contributed by atoms with E-state index in [2.05, 4.69) is 24.8 Å². The Balaban J connectivity index is 1.43. The minimum absolute atomic E-state index is 0.313. The van der Waals surface area contributed by atoms with E-state index in [4.69, 9.17) is 0 Å². The summed E-state index contributed by atoms with van der Waals surface area (Å²) in [4.78, 5) is 17.4. The molecule has 2 aliphatic rings. The molecule has 122 valence electrons. The molecule has 2 aliphatic heterocycles. The third-order valence-electron chi connectivity index (χ3n) is 4.91. The van der Waals surface area contributed by atoms with Crippen molar-refractivity contribution in [3.8, 4) is 0 Å². The van der Waals surface area contributed by atoms with Crippen molar-refractivity contribution in [2.75, 3.05) is 31.1 Å². The van der Waals surface area contributed by atoms with Crippen LogP contribution in [0.3, 0.4) is 0 Å². The van der Waals surface area contributed by atoms with Crippen LogP contribution in [0.25, 0.3) is 0 Å². The lowest BCUT2D eigenvalue weighted by Gasteiger charge is -2.40. The van der Waals surface area contributed by atoms with Gasteiger partial charge >= 0.3 is 0 Å². The van der Waals surface area contributed by atoms with Gasteiger partial charge in [0, 0.05) is 36.6 Å². The molecule has 0 unspecified atom stereocenters. The van der Waals surface area contributed by atoms with Gasteiger partial charge in [0.1, 0.15) is 5.01 Å². The van der Waals surface area contributed by atoms with E-state index in [1.165, 1.54) is 30.2 Å². The number of anilines is 1. The van der Waals surface area contributed by atoms with E-state index in [1.54, 1.807) is 11.3 Å². The van der Waals surface area contributed by atoms with Crippen LogP contribution in [0.4, 0.5) is 10.3 Å². The molecule has 0 N–H and O–H groups in total. The lowest BCUT2D eigenvalue weighted by molar-refractivity contribution is 0.215. The molecule has 4 heterocycles. The number of thiazole rings is 1. The van der Waals surface area contributed by atoms with Crippen LogP contribution in [0.15, 0.2) is 24.0 Å². The monoisotopic (exact) mass is 333 g/mol. The van der Waals surface area contributed by atoms with Crippen LogP contribution in [0.1, 0.15) is 24.3 Å². The molecule has 5 nitrogen and oxygen atoms in total. The Hall–Kier alpha value is -1.60. The van der Waals surface area contributed by atoms with Crippen LogP contribution < -0.4 is 4.90 Å². The van der Waals surface area contributed by atoms with Crippen LogP contribution in [0.5, 0.6) is 0 Å². The molecule has 7 heteroatoms. The fourth-order valence-corrected chi connectivity index (χ4v) is 4.52. The smallest absolute Gasteiger partial charge is 0.225 e. The molecule has 0 radical (unpaired) electrons. The predicted octanol–water partition coefficient (Wildman–Crippen LogP) is 2.56. The lowest BCUT2D eigenvalue weighted by atomic mass is 9.79. The summed E-state index contributed by atoms with van der Waals surface area (Å²) in [6.07, 6.45) is 7.99. The topological polar surface area (TPSA) is 45.2 Å². The van der Waals surface area contributed by atoms with Crippen molar-refractivity contribution in [2.45, 2.75) is 25.8 Å². The molecular weight excluding hydrogens is 313 g/mol. The van der Waals surface area contributed by atoms with Gasteiger partial charge in [-0.25, -0.2) is 19.3 Å². The van der Waals surface area contributed by atoms with Crippen LogP contribution in [-0.4, -0.2) is 46.0 Å². The zero-order chi connectivity index (χ0) is 15.7. The molecule has 0 aliphatic carbocycles. The van der Waals surface area contributed by atoms with Crippen LogP contribution >= 0.6 is 11.3 Å². The Morgan fingerprint density at radius 3 is 2.78 bits per heavy atom. The molecular formula is C16H20FN5S. The number of rotatable bonds is 3. The molecule has 0 amide bonds. The molecule has 1 spiro atoms. The van der Waals surface area contributed by atoms with Gasteiger partial charge in [-0.15, -0.1) is 11.3 Å².